The summed E-state index contributed by atoms with van der Waals surface area (Å²) < 4.78 is 31.0. The summed E-state index contributed by atoms with van der Waals surface area (Å²) in [6.07, 6.45) is 5.82. The first-order valence-corrected chi connectivity index (χ1v) is 13.2. The average Bonchev–Trinajstić information content (AvgIpc) is 3.32. The molecule has 0 aliphatic carbocycles. The highest BCUT2D eigenvalue weighted by molar-refractivity contribution is 5.79. The maximum absolute atomic E-state index is 16.1. The van der Waals surface area contributed by atoms with Crippen LogP contribution in [0.3, 0.4) is 0 Å². The second kappa shape index (κ2) is 10.3. The molecule has 0 N–H and O–H groups in total. The summed E-state index contributed by atoms with van der Waals surface area (Å²) in [5.41, 5.74) is 2.90. The molecule has 5 rings (SSSR count). The van der Waals surface area contributed by atoms with Crippen LogP contribution >= 0.6 is 0 Å². The number of carbonyl (C=O) groups excluding carboxylic acids is 1. The third kappa shape index (κ3) is 5.75. The molecular formula is C31H33F2N5O. The third-order valence-electron chi connectivity index (χ3n) is 7.42. The number of aromatic nitrogens is 4. The molecule has 0 unspecified atom stereocenters. The number of likely N-dealkylation sites (tertiary alicyclic amines) is 1. The van der Waals surface area contributed by atoms with Crippen LogP contribution in [-0.2, 0) is 29.3 Å². The molecule has 4 heterocycles. The lowest BCUT2D eigenvalue weighted by Crippen LogP contribution is -2.44. The lowest BCUT2D eigenvalue weighted by molar-refractivity contribution is -0.133. The molecule has 0 radical (unpaired) electrons. The van der Waals surface area contributed by atoms with Crippen molar-refractivity contribution in [2.24, 2.45) is 7.05 Å². The van der Waals surface area contributed by atoms with Crippen LogP contribution in [0.25, 0.3) is 22.8 Å². The number of piperidine rings is 1. The van der Waals surface area contributed by atoms with E-state index in [1.807, 2.05) is 42.1 Å². The Kier molecular flexibility index (Phi) is 7.05. The van der Waals surface area contributed by atoms with Gasteiger partial charge in [0.2, 0.25) is 5.91 Å². The van der Waals surface area contributed by atoms with E-state index in [0.29, 0.717) is 36.0 Å². The summed E-state index contributed by atoms with van der Waals surface area (Å²) >= 11 is 0. The molecule has 1 aliphatic rings. The van der Waals surface area contributed by atoms with E-state index < -0.39 is 5.67 Å². The van der Waals surface area contributed by atoms with Gasteiger partial charge in [0.05, 0.1) is 17.8 Å². The van der Waals surface area contributed by atoms with Crippen molar-refractivity contribution in [3.05, 3.63) is 89.8 Å². The van der Waals surface area contributed by atoms with E-state index >= 15 is 4.39 Å². The number of pyridine rings is 2. The number of rotatable bonds is 5. The molecule has 0 atom stereocenters. The standard InChI is InChI=1S/C31H33F2N5O/c1-30(2,3)23-8-12-26(35-19-23)29-36-27(20-37(29)4)31(33)13-15-38(16-14-31)28(39)17-21-5-11-25(34-18-21)22-6-9-24(32)10-7-22/h5-12,18-20H,13-17H2,1-4H3. The maximum atomic E-state index is 16.1. The Balaban J connectivity index is 1.21. The normalized spacial score (nSPS) is 15.4. The topological polar surface area (TPSA) is 63.9 Å². The molecule has 39 heavy (non-hydrogen) atoms. The van der Waals surface area contributed by atoms with Crippen molar-refractivity contribution >= 4 is 5.91 Å². The first kappa shape index (κ1) is 26.7. The first-order chi connectivity index (χ1) is 18.5. The zero-order chi connectivity index (χ0) is 27.8. The largest absolute Gasteiger partial charge is 0.342 e. The summed E-state index contributed by atoms with van der Waals surface area (Å²) in [4.78, 5) is 28.3. The van der Waals surface area contributed by atoms with Gasteiger partial charge in [-0.3, -0.25) is 14.8 Å². The summed E-state index contributed by atoms with van der Waals surface area (Å²) in [5.74, 6) is 0.266. The molecule has 0 bridgehead atoms. The van der Waals surface area contributed by atoms with E-state index in [1.54, 1.807) is 29.4 Å². The van der Waals surface area contributed by atoms with Crippen LogP contribution in [0, 0.1) is 5.82 Å². The first-order valence-electron chi connectivity index (χ1n) is 13.2. The number of aryl methyl sites for hydroxylation is 1. The lowest BCUT2D eigenvalue weighted by Gasteiger charge is -2.35. The molecule has 0 spiro atoms. The quantitative estimate of drug-likeness (QED) is 0.318. The number of benzene rings is 1. The van der Waals surface area contributed by atoms with Gasteiger partial charge in [0, 0.05) is 57.1 Å². The minimum absolute atomic E-state index is 0.00328. The van der Waals surface area contributed by atoms with Crippen molar-refractivity contribution in [1.82, 2.24) is 24.4 Å². The van der Waals surface area contributed by atoms with E-state index in [9.17, 15) is 9.18 Å². The molecule has 1 aromatic carbocycles. The number of halogens is 2. The Morgan fingerprint density at radius 1 is 0.949 bits per heavy atom. The van der Waals surface area contributed by atoms with E-state index in [0.717, 1.165) is 16.7 Å². The lowest BCUT2D eigenvalue weighted by atomic mass is 9.88. The summed E-state index contributed by atoms with van der Waals surface area (Å²) in [5, 5.41) is 0. The molecular weight excluding hydrogens is 496 g/mol. The van der Waals surface area contributed by atoms with E-state index in [4.69, 9.17) is 0 Å². The van der Waals surface area contributed by atoms with Gasteiger partial charge in [-0.15, -0.1) is 0 Å². The fourth-order valence-corrected chi connectivity index (χ4v) is 4.86. The summed E-state index contributed by atoms with van der Waals surface area (Å²) in [7, 11) is 1.85. The van der Waals surface area contributed by atoms with Crippen molar-refractivity contribution in [2.45, 2.75) is 51.1 Å². The zero-order valence-corrected chi connectivity index (χ0v) is 22.8. The predicted octanol–water partition coefficient (Wildman–Crippen LogP) is 6.01. The van der Waals surface area contributed by atoms with Crippen molar-refractivity contribution in [1.29, 1.82) is 0 Å². The number of nitrogens with zero attached hydrogens (tertiary/aromatic N) is 5. The molecule has 202 valence electrons. The number of hydrogen-bond donors (Lipinski definition) is 0. The highest BCUT2D eigenvalue weighted by Crippen LogP contribution is 2.37. The molecule has 1 aliphatic heterocycles. The minimum atomic E-state index is -1.60. The highest BCUT2D eigenvalue weighted by Gasteiger charge is 2.40. The van der Waals surface area contributed by atoms with Crippen LogP contribution in [0.1, 0.15) is 50.4 Å². The third-order valence-corrected chi connectivity index (χ3v) is 7.42. The summed E-state index contributed by atoms with van der Waals surface area (Å²) in [6, 6.07) is 13.8. The van der Waals surface area contributed by atoms with Gasteiger partial charge in [-0.1, -0.05) is 32.9 Å². The highest BCUT2D eigenvalue weighted by atomic mass is 19.1. The van der Waals surface area contributed by atoms with E-state index in [2.05, 4.69) is 35.7 Å². The second-order valence-electron chi connectivity index (χ2n) is 11.3. The van der Waals surface area contributed by atoms with Crippen LogP contribution in [0.5, 0.6) is 0 Å². The van der Waals surface area contributed by atoms with E-state index in [-0.39, 0.29) is 36.4 Å². The van der Waals surface area contributed by atoms with Crippen molar-refractivity contribution in [3.8, 4) is 22.8 Å². The average molecular weight is 530 g/mol. The van der Waals surface area contributed by atoms with Gasteiger partial charge in [0.25, 0.3) is 0 Å². The second-order valence-corrected chi connectivity index (χ2v) is 11.3. The molecule has 1 saturated heterocycles. The van der Waals surface area contributed by atoms with Crippen LogP contribution in [0.2, 0.25) is 0 Å². The van der Waals surface area contributed by atoms with Crippen molar-refractivity contribution in [2.75, 3.05) is 13.1 Å². The smallest absolute Gasteiger partial charge is 0.227 e. The number of alkyl halides is 1. The van der Waals surface area contributed by atoms with Gasteiger partial charge in [-0.25, -0.2) is 13.8 Å². The Morgan fingerprint density at radius 3 is 2.21 bits per heavy atom. The molecule has 1 amide bonds. The predicted molar refractivity (Wildman–Crippen MR) is 147 cm³/mol. The van der Waals surface area contributed by atoms with Crippen LogP contribution in [-0.4, -0.2) is 43.4 Å². The van der Waals surface area contributed by atoms with Gasteiger partial charge in [-0.05, 0) is 52.9 Å². The van der Waals surface area contributed by atoms with Gasteiger partial charge in [-0.2, -0.15) is 0 Å². The van der Waals surface area contributed by atoms with E-state index in [1.165, 1.54) is 12.1 Å². The minimum Gasteiger partial charge on any atom is -0.342 e. The van der Waals surface area contributed by atoms with Crippen molar-refractivity contribution in [3.63, 3.8) is 0 Å². The number of amides is 1. The Morgan fingerprint density at radius 2 is 1.62 bits per heavy atom. The fourth-order valence-electron chi connectivity index (χ4n) is 4.86. The van der Waals surface area contributed by atoms with Crippen LogP contribution in [0.15, 0.2) is 67.1 Å². The van der Waals surface area contributed by atoms with Gasteiger partial charge < -0.3 is 9.47 Å². The zero-order valence-electron chi connectivity index (χ0n) is 22.8. The monoisotopic (exact) mass is 529 g/mol. The Bertz CT molecular complexity index is 1450. The maximum Gasteiger partial charge on any atom is 0.227 e. The molecule has 3 aromatic heterocycles. The molecule has 0 saturated carbocycles. The van der Waals surface area contributed by atoms with Gasteiger partial charge >= 0.3 is 0 Å². The molecule has 8 heteroatoms. The number of imidazole rings is 1. The van der Waals surface area contributed by atoms with Crippen LogP contribution in [0.4, 0.5) is 8.78 Å². The Labute approximate surface area is 227 Å². The van der Waals surface area contributed by atoms with Gasteiger partial charge in [0.1, 0.15) is 11.5 Å². The van der Waals surface area contributed by atoms with Crippen molar-refractivity contribution < 1.29 is 13.6 Å². The number of hydrogen-bond acceptors (Lipinski definition) is 4. The SMILES string of the molecule is Cn1cc(C2(F)CCN(C(=O)Cc3ccc(-c4ccc(F)cc4)nc3)CC2)nc1-c1ccc(C(C)(C)C)cn1. The summed E-state index contributed by atoms with van der Waals surface area (Å²) in [6.45, 7) is 7.04. The van der Waals surface area contributed by atoms with Crippen LogP contribution < -0.4 is 0 Å². The van der Waals surface area contributed by atoms with Gasteiger partial charge in [0.15, 0.2) is 11.5 Å². The molecule has 4 aromatic rings. The Hall–Kier alpha value is -3.94. The molecule has 6 nitrogen and oxygen atoms in total. The fraction of sp³-hybridized carbons (Fsp3) is 0.355. The molecule has 1 fully saturated rings. The number of carbonyl (C=O) groups is 1.